The topological polar surface area (TPSA) is 62.6 Å². The lowest BCUT2D eigenvalue weighted by Crippen LogP contribution is -2.45. The Labute approximate surface area is 141 Å². The second kappa shape index (κ2) is 6.91. The number of aryl methyl sites for hydroxylation is 1. The lowest BCUT2D eigenvalue weighted by atomic mass is 10.0. The van der Waals surface area contributed by atoms with Crippen molar-refractivity contribution >= 4 is 11.8 Å². The molecule has 24 heavy (non-hydrogen) atoms. The average Bonchev–Trinajstić information content (AvgIpc) is 3.26. The van der Waals surface area contributed by atoms with Gasteiger partial charge in [0.1, 0.15) is 11.8 Å². The monoisotopic (exact) mass is 326 g/mol. The predicted molar refractivity (Wildman–Crippen MR) is 90.5 cm³/mol. The third-order valence-electron chi connectivity index (χ3n) is 4.67. The zero-order chi connectivity index (χ0) is 17.1. The zero-order valence-corrected chi connectivity index (χ0v) is 14.0. The van der Waals surface area contributed by atoms with Gasteiger partial charge in [0.15, 0.2) is 0 Å². The molecule has 2 amide bonds. The van der Waals surface area contributed by atoms with Gasteiger partial charge >= 0.3 is 0 Å². The van der Waals surface area contributed by atoms with Crippen LogP contribution in [0.25, 0.3) is 0 Å². The van der Waals surface area contributed by atoms with Crippen molar-refractivity contribution in [3.8, 4) is 0 Å². The van der Waals surface area contributed by atoms with Gasteiger partial charge in [0, 0.05) is 12.1 Å². The van der Waals surface area contributed by atoms with E-state index in [2.05, 4.69) is 5.32 Å². The number of nitrogens with zero attached hydrogens (tertiary/aromatic N) is 1. The molecule has 0 bridgehead atoms. The first-order chi connectivity index (χ1) is 11.6. The highest BCUT2D eigenvalue weighted by Gasteiger charge is 2.34. The molecule has 0 aliphatic carbocycles. The summed E-state index contributed by atoms with van der Waals surface area (Å²) in [6, 6.07) is 8.90. The zero-order valence-electron chi connectivity index (χ0n) is 14.0. The van der Waals surface area contributed by atoms with Crippen molar-refractivity contribution < 1.29 is 14.0 Å². The van der Waals surface area contributed by atoms with Crippen LogP contribution in [0.1, 0.15) is 40.1 Å². The highest BCUT2D eigenvalue weighted by Crippen LogP contribution is 2.23. The number of nitrogens with one attached hydrogen (secondary N) is 1. The summed E-state index contributed by atoms with van der Waals surface area (Å²) in [6.45, 7) is 4.90. The summed E-state index contributed by atoms with van der Waals surface area (Å²) in [5, 5.41) is 2.86. The van der Waals surface area contributed by atoms with E-state index in [1.165, 1.54) is 0 Å². The molecule has 1 atom stereocenters. The first-order valence-electron chi connectivity index (χ1n) is 8.25. The number of hydrogen-bond acceptors (Lipinski definition) is 3. The third kappa shape index (κ3) is 3.20. The number of furan rings is 1. The van der Waals surface area contributed by atoms with Gasteiger partial charge < -0.3 is 14.6 Å². The smallest absolute Gasteiger partial charge is 0.254 e. The lowest BCUT2D eigenvalue weighted by Gasteiger charge is -2.25. The van der Waals surface area contributed by atoms with Crippen LogP contribution >= 0.6 is 0 Å². The van der Waals surface area contributed by atoms with Crippen LogP contribution in [-0.2, 0) is 11.3 Å². The molecule has 1 aromatic heterocycles. The standard InChI is InChI=1S/C19H22N2O3/c1-13-6-3-8-16(14(13)2)19(23)21-10-4-9-17(21)18(22)20-12-15-7-5-11-24-15/h3,5-8,11,17H,4,9-10,12H2,1-2H3,(H,20,22)/t17-/m0/s1. The molecule has 2 heterocycles. The van der Waals surface area contributed by atoms with Crippen LogP contribution in [0.4, 0.5) is 0 Å². The van der Waals surface area contributed by atoms with Gasteiger partial charge in [-0.05, 0) is 56.0 Å². The summed E-state index contributed by atoms with van der Waals surface area (Å²) in [7, 11) is 0. The summed E-state index contributed by atoms with van der Waals surface area (Å²) in [6.07, 6.45) is 3.11. The molecule has 0 spiro atoms. The molecule has 3 rings (SSSR count). The normalized spacial score (nSPS) is 17.1. The van der Waals surface area contributed by atoms with Crippen molar-refractivity contribution in [2.75, 3.05) is 6.54 Å². The molecule has 2 aromatic rings. The second-order valence-corrected chi connectivity index (χ2v) is 6.20. The molecule has 1 aliphatic rings. The molecular formula is C19H22N2O3. The first-order valence-corrected chi connectivity index (χ1v) is 8.25. The molecule has 5 nitrogen and oxygen atoms in total. The van der Waals surface area contributed by atoms with E-state index in [0.717, 1.165) is 17.5 Å². The number of amides is 2. The Morgan fingerprint density at radius 3 is 2.83 bits per heavy atom. The van der Waals surface area contributed by atoms with Crippen molar-refractivity contribution in [1.82, 2.24) is 10.2 Å². The molecule has 1 aliphatic heterocycles. The van der Waals surface area contributed by atoms with Crippen LogP contribution in [0.5, 0.6) is 0 Å². The Balaban J connectivity index is 1.71. The van der Waals surface area contributed by atoms with Gasteiger partial charge in [0.05, 0.1) is 12.8 Å². The minimum absolute atomic E-state index is 0.0631. The van der Waals surface area contributed by atoms with Crippen molar-refractivity contribution in [2.24, 2.45) is 0 Å². The molecule has 0 saturated carbocycles. The average molecular weight is 326 g/mol. The number of carbonyl (C=O) groups excluding carboxylic acids is 2. The van der Waals surface area contributed by atoms with Gasteiger partial charge in [-0.1, -0.05) is 12.1 Å². The summed E-state index contributed by atoms with van der Waals surface area (Å²) in [5.41, 5.74) is 2.74. The molecular weight excluding hydrogens is 304 g/mol. The van der Waals surface area contributed by atoms with Crippen LogP contribution in [0, 0.1) is 13.8 Å². The van der Waals surface area contributed by atoms with Crippen molar-refractivity contribution in [2.45, 2.75) is 39.3 Å². The molecule has 1 aromatic carbocycles. The highest BCUT2D eigenvalue weighted by atomic mass is 16.3. The van der Waals surface area contributed by atoms with E-state index in [1.807, 2.05) is 38.1 Å². The van der Waals surface area contributed by atoms with E-state index in [9.17, 15) is 9.59 Å². The minimum Gasteiger partial charge on any atom is -0.467 e. The summed E-state index contributed by atoms with van der Waals surface area (Å²) in [5.74, 6) is 0.517. The molecule has 126 valence electrons. The van der Waals surface area contributed by atoms with E-state index < -0.39 is 6.04 Å². The number of benzene rings is 1. The molecule has 0 radical (unpaired) electrons. The summed E-state index contributed by atoms with van der Waals surface area (Å²) >= 11 is 0. The van der Waals surface area contributed by atoms with E-state index in [1.54, 1.807) is 17.2 Å². The maximum absolute atomic E-state index is 12.9. The molecule has 0 unspecified atom stereocenters. The molecule has 5 heteroatoms. The largest absolute Gasteiger partial charge is 0.467 e. The SMILES string of the molecule is Cc1cccc(C(=O)N2CCC[C@H]2C(=O)NCc2ccco2)c1C. The number of rotatable bonds is 4. The van der Waals surface area contributed by atoms with Crippen LogP contribution in [0.3, 0.4) is 0 Å². The highest BCUT2D eigenvalue weighted by molar-refractivity contribution is 5.99. The van der Waals surface area contributed by atoms with Gasteiger partial charge in [0.2, 0.25) is 5.91 Å². The van der Waals surface area contributed by atoms with Crippen molar-refractivity contribution in [1.29, 1.82) is 0 Å². The van der Waals surface area contributed by atoms with E-state index in [4.69, 9.17) is 4.42 Å². The van der Waals surface area contributed by atoms with Gasteiger partial charge in [-0.15, -0.1) is 0 Å². The predicted octanol–water partition coefficient (Wildman–Crippen LogP) is 2.82. The van der Waals surface area contributed by atoms with Crippen molar-refractivity contribution in [3.05, 3.63) is 59.0 Å². The Hall–Kier alpha value is -2.56. The lowest BCUT2D eigenvalue weighted by molar-refractivity contribution is -0.125. The Morgan fingerprint density at radius 1 is 1.25 bits per heavy atom. The van der Waals surface area contributed by atoms with Gasteiger partial charge in [-0.25, -0.2) is 0 Å². The van der Waals surface area contributed by atoms with Crippen LogP contribution in [-0.4, -0.2) is 29.3 Å². The fraction of sp³-hybridized carbons (Fsp3) is 0.368. The van der Waals surface area contributed by atoms with Gasteiger partial charge in [-0.3, -0.25) is 9.59 Å². The molecule has 1 fully saturated rings. The number of carbonyl (C=O) groups is 2. The maximum Gasteiger partial charge on any atom is 0.254 e. The Kier molecular flexibility index (Phi) is 4.69. The summed E-state index contributed by atoms with van der Waals surface area (Å²) in [4.78, 5) is 27.1. The fourth-order valence-electron chi connectivity index (χ4n) is 3.13. The van der Waals surface area contributed by atoms with Crippen LogP contribution < -0.4 is 5.32 Å². The minimum atomic E-state index is -0.410. The van der Waals surface area contributed by atoms with Gasteiger partial charge in [0.25, 0.3) is 5.91 Å². The third-order valence-corrected chi connectivity index (χ3v) is 4.67. The van der Waals surface area contributed by atoms with Gasteiger partial charge in [-0.2, -0.15) is 0 Å². The van der Waals surface area contributed by atoms with Crippen molar-refractivity contribution in [3.63, 3.8) is 0 Å². The van der Waals surface area contributed by atoms with Crippen LogP contribution in [0.2, 0.25) is 0 Å². The molecule has 1 N–H and O–H groups in total. The fourth-order valence-corrected chi connectivity index (χ4v) is 3.13. The Bertz CT molecular complexity index is 737. The summed E-state index contributed by atoms with van der Waals surface area (Å²) < 4.78 is 5.22. The van der Waals surface area contributed by atoms with Crippen LogP contribution in [0.15, 0.2) is 41.0 Å². The van der Waals surface area contributed by atoms with E-state index in [-0.39, 0.29) is 11.8 Å². The quantitative estimate of drug-likeness (QED) is 0.940. The first kappa shape index (κ1) is 16.3. The maximum atomic E-state index is 12.9. The molecule has 1 saturated heterocycles. The number of hydrogen-bond donors (Lipinski definition) is 1. The van der Waals surface area contributed by atoms with E-state index >= 15 is 0 Å². The second-order valence-electron chi connectivity index (χ2n) is 6.20. The Morgan fingerprint density at radius 2 is 2.08 bits per heavy atom. The number of likely N-dealkylation sites (tertiary alicyclic amines) is 1. The van der Waals surface area contributed by atoms with E-state index in [0.29, 0.717) is 30.8 Å².